The van der Waals surface area contributed by atoms with E-state index >= 15 is 0 Å². The molecule has 0 atom stereocenters. The molecule has 0 fully saturated rings. The fourth-order valence-electron chi connectivity index (χ4n) is 1.59. The summed E-state index contributed by atoms with van der Waals surface area (Å²) in [6, 6.07) is 4.01. The molecule has 3 nitrogen and oxygen atoms in total. The zero-order valence-corrected chi connectivity index (χ0v) is 8.53. The van der Waals surface area contributed by atoms with Crippen molar-refractivity contribution in [2.45, 2.75) is 20.8 Å². The highest BCUT2D eigenvalue weighted by Crippen LogP contribution is 2.14. The molecule has 0 amide bonds. The van der Waals surface area contributed by atoms with E-state index in [1.807, 2.05) is 36.6 Å². The monoisotopic (exact) mass is 188 g/mol. The Morgan fingerprint density at radius 2 is 2.14 bits per heavy atom. The highest BCUT2D eigenvalue weighted by molar-refractivity contribution is 5.92. The smallest absolute Gasteiger partial charge is 0.195 e. The number of Topliss-reactive ketones (excluding diaryl/α,β-unsaturated/α-hetero) is 1. The van der Waals surface area contributed by atoms with Gasteiger partial charge in [-0.2, -0.15) is 0 Å². The molecular formula is C11H12N2O. The Bertz CT molecular complexity index is 511. The van der Waals surface area contributed by atoms with Crippen LogP contribution in [0, 0.1) is 13.8 Å². The second kappa shape index (κ2) is 2.94. The van der Waals surface area contributed by atoms with Crippen LogP contribution >= 0.6 is 0 Å². The van der Waals surface area contributed by atoms with E-state index in [0.29, 0.717) is 5.82 Å². The molecule has 0 aliphatic heterocycles. The van der Waals surface area contributed by atoms with Crippen molar-refractivity contribution >= 4 is 11.3 Å². The lowest BCUT2D eigenvalue weighted by molar-refractivity contribution is 0.100. The maximum atomic E-state index is 11.3. The Labute approximate surface area is 82.4 Å². The zero-order valence-electron chi connectivity index (χ0n) is 8.53. The minimum absolute atomic E-state index is 0.00282. The lowest BCUT2D eigenvalue weighted by atomic mass is 10.2. The number of carbonyl (C=O) groups is 1. The summed E-state index contributed by atoms with van der Waals surface area (Å²) in [4.78, 5) is 15.5. The number of nitrogens with zero attached hydrogens (tertiary/aromatic N) is 2. The average Bonchev–Trinajstić information content (AvgIpc) is 2.44. The molecule has 2 heterocycles. The van der Waals surface area contributed by atoms with Crippen LogP contribution < -0.4 is 0 Å². The summed E-state index contributed by atoms with van der Waals surface area (Å²) in [5.41, 5.74) is 3.09. The number of hydrogen-bond acceptors (Lipinski definition) is 2. The molecule has 0 radical (unpaired) electrons. The Kier molecular flexibility index (Phi) is 1.88. The van der Waals surface area contributed by atoms with Crippen molar-refractivity contribution in [3.05, 3.63) is 35.4 Å². The van der Waals surface area contributed by atoms with E-state index in [0.717, 1.165) is 11.2 Å². The molecule has 0 aromatic carbocycles. The van der Waals surface area contributed by atoms with Crippen LogP contribution in [-0.4, -0.2) is 15.2 Å². The normalized spacial score (nSPS) is 10.8. The molecule has 3 heteroatoms. The third-order valence-electron chi connectivity index (χ3n) is 2.30. The SMILES string of the molecule is CC(=O)c1nc(C)c2cc(C)ccn12. The van der Waals surface area contributed by atoms with E-state index in [9.17, 15) is 4.79 Å². The van der Waals surface area contributed by atoms with Crippen LogP contribution in [0.4, 0.5) is 0 Å². The molecule has 0 saturated carbocycles. The van der Waals surface area contributed by atoms with Gasteiger partial charge in [0.2, 0.25) is 0 Å². The van der Waals surface area contributed by atoms with Crippen LogP contribution in [0.3, 0.4) is 0 Å². The molecule has 0 aliphatic rings. The fraction of sp³-hybridized carbons (Fsp3) is 0.273. The largest absolute Gasteiger partial charge is 0.297 e. The van der Waals surface area contributed by atoms with Gasteiger partial charge in [0.15, 0.2) is 11.6 Å². The topological polar surface area (TPSA) is 34.4 Å². The third-order valence-corrected chi connectivity index (χ3v) is 2.30. The van der Waals surface area contributed by atoms with E-state index < -0.39 is 0 Å². The van der Waals surface area contributed by atoms with Crippen LogP contribution in [0.1, 0.15) is 28.8 Å². The first-order valence-electron chi connectivity index (χ1n) is 4.56. The number of ketones is 1. The average molecular weight is 188 g/mol. The van der Waals surface area contributed by atoms with E-state index in [2.05, 4.69) is 4.98 Å². The first kappa shape index (κ1) is 8.94. The number of aromatic nitrogens is 2. The summed E-state index contributed by atoms with van der Waals surface area (Å²) < 4.78 is 1.84. The van der Waals surface area contributed by atoms with Gasteiger partial charge in [0.1, 0.15) is 0 Å². The van der Waals surface area contributed by atoms with E-state index in [1.165, 1.54) is 12.5 Å². The summed E-state index contributed by atoms with van der Waals surface area (Å²) >= 11 is 0. The highest BCUT2D eigenvalue weighted by atomic mass is 16.1. The summed E-state index contributed by atoms with van der Waals surface area (Å²) in [6.45, 7) is 5.48. The Balaban J connectivity index is 2.84. The van der Waals surface area contributed by atoms with Crippen molar-refractivity contribution in [2.75, 3.05) is 0 Å². The number of rotatable bonds is 1. The predicted molar refractivity (Wildman–Crippen MR) is 54.7 cm³/mol. The number of imidazole rings is 1. The van der Waals surface area contributed by atoms with Gasteiger partial charge in [0.05, 0.1) is 11.2 Å². The van der Waals surface area contributed by atoms with Gasteiger partial charge < -0.3 is 0 Å². The van der Waals surface area contributed by atoms with E-state index in [4.69, 9.17) is 0 Å². The summed E-state index contributed by atoms with van der Waals surface area (Å²) in [5, 5.41) is 0. The zero-order chi connectivity index (χ0) is 10.3. The van der Waals surface area contributed by atoms with Crippen molar-refractivity contribution < 1.29 is 4.79 Å². The molecular weight excluding hydrogens is 176 g/mol. The minimum Gasteiger partial charge on any atom is -0.297 e. The van der Waals surface area contributed by atoms with Crippen LogP contribution in [0.15, 0.2) is 18.3 Å². The maximum absolute atomic E-state index is 11.3. The van der Waals surface area contributed by atoms with Crippen molar-refractivity contribution in [1.82, 2.24) is 9.38 Å². The number of carbonyl (C=O) groups excluding carboxylic acids is 1. The Morgan fingerprint density at radius 1 is 1.43 bits per heavy atom. The standard InChI is InChI=1S/C11H12N2O/c1-7-4-5-13-10(6-7)8(2)12-11(13)9(3)14/h4-6H,1-3H3. The Hall–Kier alpha value is -1.64. The summed E-state index contributed by atoms with van der Waals surface area (Å²) in [7, 11) is 0. The summed E-state index contributed by atoms with van der Waals surface area (Å²) in [6.07, 6.45) is 1.89. The number of fused-ring (bicyclic) bond motifs is 1. The van der Waals surface area contributed by atoms with E-state index in [1.54, 1.807) is 0 Å². The van der Waals surface area contributed by atoms with E-state index in [-0.39, 0.29) is 5.78 Å². The lowest BCUT2D eigenvalue weighted by Crippen LogP contribution is -1.99. The Morgan fingerprint density at radius 3 is 2.79 bits per heavy atom. The molecule has 72 valence electrons. The molecule has 0 unspecified atom stereocenters. The van der Waals surface area contributed by atoms with Gasteiger partial charge in [-0.3, -0.25) is 9.20 Å². The molecule has 0 aliphatic carbocycles. The van der Waals surface area contributed by atoms with Gasteiger partial charge in [0, 0.05) is 13.1 Å². The molecule has 2 aromatic heterocycles. The highest BCUT2D eigenvalue weighted by Gasteiger charge is 2.10. The van der Waals surface area contributed by atoms with Crippen LogP contribution in [0.2, 0.25) is 0 Å². The second-order valence-corrected chi connectivity index (χ2v) is 3.54. The van der Waals surface area contributed by atoms with Gasteiger partial charge in [-0.1, -0.05) is 0 Å². The van der Waals surface area contributed by atoms with Crippen molar-refractivity contribution in [2.24, 2.45) is 0 Å². The third kappa shape index (κ3) is 1.21. The molecule has 0 N–H and O–H groups in total. The molecule has 0 bridgehead atoms. The quantitative estimate of drug-likeness (QED) is 0.642. The molecule has 2 aromatic rings. The lowest BCUT2D eigenvalue weighted by Gasteiger charge is -1.98. The van der Waals surface area contributed by atoms with Gasteiger partial charge >= 0.3 is 0 Å². The number of aryl methyl sites for hydroxylation is 2. The van der Waals surface area contributed by atoms with Crippen molar-refractivity contribution in [3.8, 4) is 0 Å². The van der Waals surface area contributed by atoms with Crippen LogP contribution in [-0.2, 0) is 0 Å². The maximum Gasteiger partial charge on any atom is 0.195 e. The predicted octanol–water partition coefficient (Wildman–Crippen LogP) is 2.15. The molecule has 0 spiro atoms. The molecule has 2 rings (SSSR count). The van der Waals surface area contributed by atoms with Gasteiger partial charge in [-0.15, -0.1) is 0 Å². The number of hydrogen-bond donors (Lipinski definition) is 0. The van der Waals surface area contributed by atoms with Gasteiger partial charge in [0.25, 0.3) is 0 Å². The summed E-state index contributed by atoms with van der Waals surface area (Å²) in [5.74, 6) is 0.509. The van der Waals surface area contributed by atoms with Crippen LogP contribution in [0.5, 0.6) is 0 Å². The van der Waals surface area contributed by atoms with Gasteiger partial charge in [-0.25, -0.2) is 4.98 Å². The fourth-order valence-corrected chi connectivity index (χ4v) is 1.59. The second-order valence-electron chi connectivity index (χ2n) is 3.54. The molecule has 14 heavy (non-hydrogen) atoms. The van der Waals surface area contributed by atoms with Gasteiger partial charge in [-0.05, 0) is 31.5 Å². The van der Waals surface area contributed by atoms with Crippen LogP contribution in [0.25, 0.3) is 5.52 Å². The first-order valence-corrected chi connectivity index (χ1v) is 4.56. The first-order chi connectivity index (χ1) is 6.59. The van der Waals surface area contributed by atoms with Crippen molar-refractivity contribution in [3.63, 3.8) is 0 Å². The van der Waals surface area contributed by atoms with Crippen molar-refractivity contribution in [1.29, 1.82) is 0 Å². The minimum atomic E-state index is -0.00282. The molecule has 0 saturated heterocycles. The number of pyridine rings is 1.